The van der Waals surface area contributed by atoms with Gasteiger partial charge in [-0.3, -0.25) is 4.79 Å². The molecule has 0 aromatic heterocycles. The summed E-state index contributed by atoms with van der Waals surface area (Å²) in [6.07, 6.45) is -5.19. The van der Waals surface area contributed by atoms with Crippen molar-refractivity contribution in [3.8, 4) is 0 Å². The van der Waals surface area contributed by atoms with Gasteiger partial charge in [-0.05, 0) is 25.1 Å². The van der Waals surface area contributed by atoms with Gasteiger partial charge in [-0.2, -0.15) is 13.2 Å². The molecule has 0 spiro atoms. The molecule has 0 heterocycles. The maximum atomic E-state index is 12.5. The van der Waals surface area contributed by atoms with Crippen LogP contribution in [0.1, 0.15) is 6.92 Å². The second-order valence-electron chi connectivity index (χ2n) is 4.21. The number of hydrogen-bond donors (Lipinski definition) is 3. The maximum absolute atomic E-state index is 12.5. The van der Waals surface area contributed by atoms with E-state index in [1.165, 1.54) is 0 Å². The zero-order chi connectivity index (χ0) is 16.6. The van der Waals surface area contributed by atoms with Crippen molar-refractivity contribution >= 4 is 33.2 Å². The van der Waals surface area contributed by atoms with Gasteiger partial charge in [0.05, 0.1) is 15.6 Å². The number of halogens is 4. The number of nitrogens with two attached hydrogens (primary N) is 1. The monoisotopic (exact) mass is 346 g/mol. The summed E-state index contributed by atoms with van der Waals surface area (Å²) < 4.78 is 59.5. The second kappa shape index (κ2) is 5.44. The molecule has 118 valence electrons. The lowest BCUT2D eigenvalue weighted by molar-refractivity contribution is -0.242. The van der Waals surface area contributed by atoms with Crippen LogP contribution < -0.4 is 10.5 Å². The standard InChI is InChI=1S/C10H10ClF3N2O4S/c1-9(18,10(12,13)14)8(17)16-7-3-2-5(4-6(7)11)21(15,19)20/h2-4,18H,1H3,(H,16,17)(H2,15,19,20). The van der Waals surface area contributed by atoms with Gasteiger partial charge in [0, 0.05) is 0 Å². The zero-order valence-corrected chi connectivity index (χ0v) is 12.0. The third-order valence-electron chi connectivity index (χ3n) is 2.51. The van der Waals surface area contributed by atoms with Gasteiger partial charge in [-0.15, -0.1) is 0 Å². The summed E-state index contributed by atoms with van der Waals surface area (Å²) in [5.74, 6) is -1.76. The molecule has 0 saturated carbocycles. The average Bonchev–Trinajstić information content (AvgIpc) is 2.28. The van der Waals surface area contributed by atoms with E-state index in [2.05, 4.69) is 0 Å². The predicted octanol–water partition coefficient (Wildman–Crippen LogP) is 1.24. The van der Waals surface area contributed by atoms with Gasteiger partial charge in [-0.1, -0.05) is 11.6 Å². The van der Waals surface area contributed by atoms with Crippen molar-refractivity contribution in [3.63, 3.8) is 0 Å². The van der Waals surface area contributed by atoms with Gasteiger partial charge in [0.2, 0.25) is 15.6 Å². The minimum absolute atomic E-state index is 0.273. The summed E-state index contributed by atoms with van der Waals surface area (Å²) in [7, 11) is -4.05. The largest absolute Gasteiger partial charge is 0.426 e. The van der Waals surface area contributed by atoms with Gasteiger partial charge < -0.3 is 10.4 Å². The van der Waals surface area contributed by atoms with E-state index in [9.17, 15) is 26.4 Å². The number of aliphatic hydroxyl groups is 1. The van der Waals surface area contributed by atoms with Crippen molar-refractivity contribution in [2.45, 2.75) is 23.6 Å². The van der Waals surface area contributed by atoms with Crippen LogP contribution in [0.4, 0.5) is 18.9 Å². The molecule has 0 aliphatic rings. The molecule has 0 aliphatic heterocycles. The normalized spacial score (nSPS) is 15.4. The van der Waals surface area contributed by atoms with Crippen LogP contribution in [0.5, 0.6) is 0 Å². The number of nitrogens with one attached hydrogen (secondary N) is 1. The molecule has 0 saturated heterocycles. The van der Waals surface area contributed by atoms with Crippen LogP contribution in [-0.2, 0) is 14.8 Å². The summed E-state index contributed by atoms with van der Waals surface area (Å²) in [5, 5.41) is 15.4. The number of benzene rings is 1. The van der Waals surface area contributed by atoms with Gasteiger partial charge >= 0.3 is 6.18 Å². The Morgan fingerprint density at radius 3 is 2.29 bits per heavy atom. The molecule has 11 heteroatoms. The summed E-state index contributed by atoms with van der Waals surface area (Å²) in [4.78, 5) is 11.1. The molecular formula is C10H10ClF3N2O4S. The first-order valence-corrected chi connectivity index (χ1v) is 7.12. The van der Waals surface area contributed by atoms with Crippen molar-refractivity contribution in [1.29, 1.82) is 0 Å². The van der Waals surface area contributed by atoms with E-state index >= 15 is 0 Å². The van der Waals surface area contributed by atoms with Crippen LogP contribution in [0.3, 0.4) is 0 Å². The Labute approximate surface area is 122 Å². The lowest BCUT2D eigenvalue weighted by Gasteiger charge is -2.25. The number of carbonyl (C=O) groups is 1. The van der Waals surface area contributed by atoms with Crippen LogP contribution in [0.2, 0.25) is 5.02 Å². The van der Waals surface area contributed by atoms with Crippen molar-refractivity contribution in [3.05, 3.63) is 23.2 Å². The van der Waals surface area contributed by atoms with Crippen LogP contribution >= 0.6 is 11.6 Å². The third-order valence-corrected chi connectivity index (χ3v) is 3.74. The SMILES string of the molecule is CC(O)(C(=O)Nc1ccc(S(N)(=O)=O)cc1Cl)C(F)(F)F. The minimum atomic E-state index is -5.19. The van der Waals surface area contributed by atoms with Gasteiger partial charge in [0.25, 0.3) is 5.91 Å². The summed E-state index contributed by atoms with van der Waals surface area (Å²) in [5.41, 5.74) is -3.94. The van der Waals surface area contributed by atoms with E-state index in [1.807, 2.05) is 0 Å². The molecule has 1 aromatic carbocycles. The molecule has 1 unspecified atom stereocenters. The number of anilines is 1. The summed E-state index contributed by atoms with van der Waals surface area (Å²) >= 11 is 5.65. The quantitative estimate of drug-likeness (QED) is 0.764. The van der Waals surface area contributed by atoms with Crippen molar-refractivity contribution < 1.29 is 31.5 Å². The molecule has 4 N–H and O–H groups in total. The van der Waals surface area contributed by atoms with E-state index in [-0.39, 0.29) is 22.5 Å². The molecule has 1 aromatic rings. The van der Waals surface area contributed by atoms with Crippen LogP contribution in [0.25, 0.3) is 0 Å². The summed E-state index contributed by atoms with van der Waals surface area (Å²) in [6.45, 7) is 0.273. The maximum Gasteiger partial charge on any atom is 0.426 e. The Morgan fingerprint density at radius 2 is 1.90 bits per heavy atom. The summed E-state index contributed by atoms with van der Waals surface area (Å²) in [6, 6.07) is 2.75. The number of hydrogen-bond acceptors (Lipinski definition) is 4. The van der Waals surface area contributed by atoms with Gasteiger partial charge in [-0.25, -0.2) is 13.6 Å². The third kappa shape index (κ3) is 3.84. The number of sulfonamides is 1. The van der Waals surface area contributed by atoms with Crippen LogP contribution in [-0.4, -0.2) is 31.2 Å². The molecule has 0 aliphatic carbocycles. The number of amides is 1. The molecule has 0 bridgehead atoms. The first-order valence-electron chi connectivity index (χ1n) is 5.19. The van der Waals surface area contributed by atoms with Crippen molar-refractivity contribution in [2.75, 3.05) is 5.32 Å². The van der Waals surface area contributed by atoms with Crippen LogP contribution in [0, 0.1) is 0 Å². The number of carbonyl (C=O) groups excluding carboxylic acids is 1. The minimum Gasteiger partial charge on any atom is -0.373 e. The topological polar surface area (TPSA) is 109 Å². The molecule has 6 nitrogen and oxygen atoms in total. The fourth-order valence-electron chi connectivity index (χ4n) is 1.15. The number of alkyl halides is 3. The highest BCUT2D eigenvalue weighted by Gasteiger charge is 2.55. The molecule has 1 rings (SSSR count). The Morgan fingerprint density at radius 1 is 1.38 bits per heavy atom. The highest BCUT2D eigenvalue weighted by atomic mass is 35.5. The van der Waals surface area contributed by atoms with E-state index in [1.54, 1.807) is 5.32 Å². The van der Waals surface area contributed by atoms with E-state index < -0.39 is 27.7 Å². The lowest BCUT2D eigenvalue weighted by Crippen LogP contribution is -2.52. The fourth-order valence-corrected chi connectivity index (χ4v) is 1.98. The van der Waals surface area contributed by atoms with Crippen molar-refractivity contribution in [1.82, 2.24) is 0 Å². The first-order chi connectivity index (χ1) is 9.26. The van der Waals surface area contributed by atoms with Crippen molar-refractivity contribution in [2.24, 2.45) is 5.14 Å². The average molecular weight is 347 g/mol. The Bertz CT molecular complexity index is 673. The molecule has 21 heavy (non-hydrogen) atoms. The lowest BCUT2D eigenvalue weighted by atomic mass is 10.1. The molecule has 1 atom stereocenters. The fraction of sp³-hybridized carbons (Fsp3) is 0.300. The number of primary sulfonamides is 1. The molecule has 0 radical (unpaired) electrons. The molecule has 1 amide bonds. The Kier molecular flexibility index (Phi) is 4.59. The van der Waals surface area contributed by atoms with E-state index in [0.29, 0.717) is 0 Å². The second-order valence-corrected chi connectivity index (χ2v) is 6.18. The van der Waals surface area contributed by atoms with Gasteiger partial charge in [0.1, 0.15) is 0 Å². The zero-order valence-electron chi connectivity index (χ0n) is 10.4. The first kappa shape index (κ1) is 17.7. The van der Waals surface area contributed by atoms with E-state index in [4.69, 9.17) is 21.8 Å². The van der Waals surface area contributed by atoms with Gasteiger partial charge in [0.15, 0.2) is 0 Å². The Hall–Kier alpha value is -1.36. The van der Waals surface area contributed by atoms with Crippen LogP contribution in [0.15, 0.2) is 23.1 Å². The van der Waals surface area contributed by atoms with E-state index in [0.717, 1.165) is 18.2 Å². The Balaban J connectivity index is 3.08. The molecule has 0 fully saturated rings. The highest BCUT2D eigenvalue weighted by molar-refractivity contribution is 7.89. The smallest absolute Gasteiger partial charge is 0.373 e. The number of rotatable bonds is 3. The highest BCUT2D eigenvalue weighted by Crippen LogP contribution is 2.32. The molecular weight excluding hydrogens is 337 g/mol. The predicted molar refractivity (Wildman–Crippen MR) is 68.1 cm³/mol.